The lowest BCUT2D eigenvalue weighted by Crippen LogP contribution is -2.34. The van der Waals surface area contributed by atoms with Gasteiger partial charge in [0.1, 0.15) is 18.4 Å². The van der Waals surface area contributed by atoms with E-state index in [1.54, 1.807) is 17.0 Å². The number of rotatable bonds is 4. The van der Waals surface area contributed by atoms with Crippen LogP contribution in [-0.4, -0.2) is 51.3 Å². The Morgan fingerprint density at radius 1 is 1.38 bits per heavy atom. The first-order chi connectivity index (χ1) is 12.4. The predicted octanol–water partition coefficient (Wildman–Crippen LogP) is 2.01. The number of fused-ring (bicyclic) bond motifs is 1. The van der Waals surface area contributed by atoms with Gasteiger partial charge in [-0.05, 0) is 24.8 Å². The third kappa shape index (κ3) is 3.47. The molecule has 8 heteroatoms. The Bertz CT molecular complexity index is 907. The maximum Gasteiger partial charge on any atom is 0.261 e. The molecule has 1 unspecified atom stereocenters. The number of carbonyl (C=O) groups excluding carboxylic acids is 1. The number of aromatic nitrogens is 2. The smallest absolute Gasteiger partial charge is 0.261 e. The minimum Gasteiger partial charge on any atom is -0.610 e. The molecule has 1 aromatic carbocycles. The lowest BCUT2D eigenvalue weighted by atomic mass is 10.2. The highest BCUT2D eigenvalue weighted by Crippen LogP contribution is 2.32. The summed E-state index contributed by atoms with van der Waals surface area (Å²) in [6.07, 6.45) is 4.96. The molecule has 0 N–H and O–H groups in total. The van der Waals surface area contributed by atoms with E-state index in [4.69, 9.17) is 4.74 Å². The van der Waals surface area contributed by atoms with E-state index in [-0.39, 0.29) is 16.7 Å². The van der Waals surface area contributed by atoms with Gasteiger partial charge in [0.25, 0.3) is 5.91 Å². The van der Waals surface area contributed by atoms with Gasteiger partial charge in [-0.2, -0.15) is 4.98 Å². The molecule has 1 aliphatic heterocycles. The van der Waals surface area contributed by atoms with E-state index in [0.717, 1.165) is 12.8 Å². The summed E-state index contributed by atoms with van der Waals surface area (Å²) in [5, 5.41) is 0. The first kappa shape index (κ1) is 17.1. The van der Waals surface area contributed by atoms with Crippen molar-refractivity contribution in [1.29, 1.82) is 0 Å². The van der Waals surface area contributed by atoms with Gasteiger partial charge in [0.15, 0.2) is 10.7 Å². The number of nitrogens with zero attached hydrogens (tertiary/aromatic N) is 3. The summed E-state index contributed by atoms with van der Waals surface area (Å²) in [4.78, 5) is 23.4. The third-order valence-electron chi connectivity index (χ3n) is 4.57. The highest BCUT2D eigenvalue weighted by atomic mass is 32.3. The van der Waals surface area contributed by atoms with Crippen molar-refractivity contribution in [3.63, 3.8) is 0 Å². The summed E-state index contributed by atoms with van der Waals surface area (Å²) in [6.45, 7) is 1.66. The molecule has 0 bridgehead atoms. The highest BCUT2D eigenvalue weighted by molar-refractivity contribution is 7.97. The van der Waals surface area contributed by atoms with Gasteiger partial charge in [0.05, 0.1) is 16.8 Å². The van der Waals surface area contributed by atoms with Crippen LogP contribution in [0.1, 0.15) is 23.2 Å². The summed E-state index contributed by atoms with van der Waals surface area (Å²) < 4.78 is 29.2. The summed E-state index contributed by atoms with van der Waals surface area (Å²) in [6, 6.07) is 6.42. The minimum atomic E-state index is -3.33. The van der Waals surface area contributed by atoms with Crippen molar-refractivity contribution in [2.24, 2.45) is 5.92 Å². The summed E-state index contributed by atoms with van der Waals surface area (Å²) >= 11 is 0. The molecule has 1 amide bonds. The fraction of sp³-hybridized carbons (Fsp3) is 0.389. The van der Waals surface area contributed by atoms with Gasteiger partial charge in [-0.25, -0.2) is 4.98 Å². The van der Waals surface area contributed by atoms with Crippen LogP contribution in [0.25, 0.3) is 11.4 Å². The van der Waals surface area contributed by atoms with Crippen molar-refractivity contribution < 1.29 is 18.3 Å². The van der Waals surface area contributed by atoms with Crippen LogP contribution >= 0.6 is 0 Å². The number of benzene rings is 1. The van der Waals surface area contributed by atoms with Gasteiger partial charge in [-0.1, -0.05) is 12.1 Å². The van der Waals surface area contributed by atoms with E-state index in [0.29, 0.717) is 36.0 Å². The summed E-state index contributed by atoms with van der Waals surface area (Å²) in [5.74, 6) is 1.07. The second kappa shape index (κ2) is 6.44. The molecule has 2 aliphatic rings. The molecule has 1 aliphatic carbocycles. The zero-order chi connectivity index (χ0) is 18.3. The Labute approximate surface area is 152 Å². The molecule has 1 saturated carbocycles. The molecule has 0 radical (unpaired) electrons. The monoisotopic (exact) mass is 373 g/mol. The van der Waals surface area contributed by atoms with E-state index in [1.165, 1.54) is 31.2 Å². The van der Waals surface area contributed by atoms with Crippen LogP contribution in [-0.2, 0) is 14.4 Å². The number of amides is 1. The van der Waals surface area contributed by atoms with Gasteiger partial charge in [0.2, 0.25) is 5.88 Å². The van der Waals surface area contributed by atoms with Gasteiger partial charge in [0, 0.05) is 24.4 Å². The third-order valence-corrected chi connectivity index (χ3v) is 5.68. The van der Waals surface area contributed by atoms with Gasteiger partial charge < -0.3 is 14.2 Å². The van der Waals surface area contributed by atoms with Gasteiger partial charge in [-0.3, -0.25) is 4.79 Å². The number of carbonyl (C=O) groups is 1. The van der Waals surface area contributed by atoms with Crippen molar-refractivity contribution in [1.82, 2.24) is 14.9 Å². The fourth-order valence-corrected chi connectivity index (χ4v) is 3.61. The maximum absolute atomic E-state index is 12.7. The zero-order valence-electron chi connectivity index (χ0n) is 14.4. The van der Waals surface area contributed by atoms with Crippen LogP contribution in [0.3, 0.4) is 0 Å². The predicted molar refractivity (Wildman–Crippen MR) is 94.6 cm³/mol. The van der Waals surface area contributed by atoms with Crippen molar-refractivity contribution in [3.05, 3.63) is 36.0 Å². The topological polar surface area (TPSA) is 95.4 Å². The number of hydrogen-bond donors (Lipinski definition) is 0. The fourth-order valence-electron chi connectivity index (χ4n) is 2.94. The highest BCUT2D eigenvalue weighted by Gasteiger charge is 2.31. The van der Waals surface area contributed by atoms with Crippen LogP contribution in [0, 0.1) is 5.92 Å². The molecular weight excluding hydrogens is 354 g/mol. The molecule has 1 atom stereocenters. The van der Waals surface area contributed by atoms with E-state index < -0.39 is 10.2 Å². The number of sulfone groups is 1. The molecule has 0 saturated heterocycles. The molecule has 4 rings (SSSR count). The van der Waals surface area contributed by atoms with Crippen LogP contribution in [0.15, 0.2) is 35.4 Å². The summed E-state index contributed by atoms with van der Waals surface area (Å²) in [5.41, 5.74) is 0.914. The lowest BCUT2D eigenvalue weighted by molar-refractivity contribution is 0.0747. The molecule has 136 valence electrons. The molecule has 1 aromatic heterocycles. The maximum atomic E-state index is 12.7. The largest absolute Gasteiger partial charge is 0.610 e. The van der Waals surface area contributed by atoms with Crippen LogP contribution in [0.5, 0.6) is 5.88 Å². The molecule has 1 fully saturated rings. The van der Waals surface area contributed by atoms with Crippen molar-refractivity contribution >= 4 is 16.1 Å². The van der Waals surface area contributed by atoms with E-state index in [9.17, 15) is 13.6 Å². The second-order valence-electron chi connectivity index (χ2n) is 6.76. The van der Waals surface area contributed by atoms with Crippen molar-refractivity contribution in [2.45, 2.75) is 17.7 Å². The Kier molecular flexibility index (Phi) is 4.24. The van der Waals surface area contributed by atoms with Gasteiger partial charge >= 0.3 is 0 Å². The second-order valence-corrected chi connectivity index (χ2v) is 8.77. The van der Waals surface area contributed by atoms with E-state index >= 15 is 0 Å². The Hall–Kier alpha value is -2.32. The molecule has 2 heterocycles. The molecule has 7 nitrogen and oxygen atoms in total. The zero-order valence-corrected chi connectivity index (χ0v) is 15.2. The quantitative estimate of drug-likeness (QED) is 0.761. The Balaban J connectivity index is 1.66. The van der Waals surface area contributed by atoms with Crippen LogP contribution in [0.2, 0.25) is 0 Å². The normalized spacial score (nSPS) is 19.3. The van der Waals surface area contributed by atoms with E-state index in [2.05, 4.69) is 9.97 Å². The average Bonchev–Trinajstić information content (AvgIpc) is 3.44. The molecule has 2 aromatic rings. The average molecular weight is 373 g/mol. The van der Waals surface area contributed by atoms with Crippen LogP contribution in [0.4, 0.5) is 0 Å². The molecule has 0 spiro atoms. The molecule has 26 heavy (non-hydrogen) atoms. The van der Waals surface area contributed by atoms with E-state index in [1.807, 2.05) is 0 Å². The number of ether oxygens (including phenoxy) is 1. The summed E-state index contributed by atoms with van der Waals surface area (Å²) in [7, 11) is -3.33. The lowest BCUT2D eigenvalue weighted by Gasteiger charge is -2.19. The Morgan fingerprint density at radius 2 is 2.19 bits per heavy atom. The number of hydrogen-bond acceptors (Lipinski definition) is 6. The molecular formula is C18H19N3O4S. The first-order valence-corrected chi connectivity index (χ1v) is 10.4. The van der Waals surface area contributed by atoms with Crippen molar-refractivity contribution in [2.75, 3.05) is 26.0 Å². The first-order valence-electron chi connectivity index (χ1n) is 8.51. The SMILES string of the molecule is C[S+](=O)([O-])c1cccc(-c2ncc3c(n2)OCCN(CC2CC2)C3=O)c1. The Morgan fingerprint density at radius 3 is 2.92 bits per heavy atom. The minimum absolute atomic E-state index is 0.110. The van der Waals surface area contributed by atoms with Crippen LogP contribution < -0.4 is 4.74 Å². The standard InChI is InChI=1S/C18H19N3O4S/c1-26(23,24)14-4-2-3-13(9-14)16-19-10-15-17(20-16)25-8-7-21(18(15)22)11-12-5-6-12/h2-4,9-10,12H,5-8,11H2,1H3. The van der Waals surface area contributed by atoms with Gasteiger partial charge in [-0.15, -0.1) is 4.21 Å². The van der Waals surface area contributed by atoms with Crippen molar-refractivity contribution in [3.8, 4) is 17.3 Å².